The van der Waals surface area contributed by atoms with Crippen molar-refractivity contribution in [3.63, 3.8) is 0 Å². The Balaban J connectivity index is 0. The zero-order chi connectivity index (χ0) is 12.9. The van der Waals surface area contributed by atoms with Crippen molar-refractivity contribution >= 4 is 0 Å². The van der Waals surface area contributed by atoms with Crippen molar-refractivity contribution in [2.75, 3.05) is 33.8 Å². The van der Waals surface area contributed by atoms with E-state index in [2.05, 4.69) is 27.9 Å². The zero-order valence-corrected chi connectivity index (χ0v) is 12.2. The summed E-state index contributed by atoms with van der Waals surface area (Å²) in [7, 11) is 4.65. The standard InChI is InChI=1S/C12H28N.C2H5O/c1-5-7-8-9-10-11-12-13(3,4)6-2;1-2-3/h5-12H2,1-4H3;2H2,1H3/q+1;-1. The Bertz CT molecular complexity index is 124. The van der Waals surface area contributed by atoms with E-state index < -0.39 is 0 Å². The van der Waals surface area contributed by atoms with E-state index in [4.69, 9.17) is 5.11 Å². The van der Waals surface area contributed by atoms with Crippen molar-refractivity contribution < 1.29 is 9.59 Å². The molecule has 0 aromatic rings. The minimum Gasteiger partial charge on any atom is -0.855 e. The van der Waals surface area contributed by atoms with Crippen LogP contribution < -0.4 is 5.11 Å². The average Bonchev–Trinajstić information content (AvgIpc) is 2.24. The van der Waals surface area contributed by atoms with Gasteiger partial charge in [-0.3, -0.25) is 0 Å². The van der Waals surface area contributed by atoms with E-state index in [9.17, 15) is 0 Å². The molecule has 100 valence electrons. The molecule has 0 aliphatic rings. The van der Waals surface area contributed by atoms with Crippen LogP contribution in [0.2, 0.25) is 0 Å². The first-order valence-electron chi connectivity index (χ1n) is 6.94. The molecule has 0 aromatic carbocycles. The maximum absolute atomic E-state index is 8.93. The molecule has 0 atom stereocenters. The highest BCUT2D eigenvalue weighted by atomic mass is 16.2. The lowest BCUT2D eigenvalue weighted by atomic mass is 10.1. The van der Waals surface area contributed by atoms with Crippen molar-refractivity contribution in [1.82, 2.24) is 0 Å². The predicted octanol–water partition coefficient (Wildman–Crippen LogP) is 2.81. The first-order valence-corrected chi connectivity index (χ1v) is 6.94. The molecule has 0 N–H and O–H groups in total. The van der Waals surface area contributed by atoms with E-state index >= 15 is 0 Å². The van der Waals surface area contributed by atoms with Gasteiger partial charge in [-0.25, -0.2) is 0 Å². The fraction of sp³-hybridized carbons (Fsp3) is 1.00. The third-order valence-electron chi connectivity index (χ3n) is 2.97. The summed E-state index contributed by atoms with van der Waals surface area (Å²) in [6.45, 7) is 8.73. The van der Waals surface area contributed by atoms with Crippen LogP contribution in [0.1, 0.15) is 59.3 Å². The van der Waals surface area contributed by atoms with Gasteiger partial charge >= 0.3 is 0 Å². The van der Waals surface area contributed by atoms with Crippen LogP contribution in [-0.4, -0.2) is 38.3 Å². The topological polar surface area (TPSA) is 23.1 Å². The van der Waals surface area contributed by atoms with E-state index in [1.165, 1.54) is 56.1 Å². The second-order valence-corrected chi connectivity index (χ2v) is 5.03. The van der Waals surface area contributed by atoms with E-state index in [-0.39, 0.29) is 6.61 Å². The molecule has 0 bridgehead atoms. The summed E-state index contributed by atoms with van der Waals surface area (Å²) in [6, 6.07) is 0. The van der Waals surface area contributed by atoms with Gasteiger partial charge in [0.2, 0.25) is 0 Å². The molecule has 0 saturated heterocycles. The maximum Gasteiger partial charge on any atom is 0.0782 e. The van der Waals surface area contributed by atoms with E-state index in [0.29, 0.717) is 0 Å². The van der Waals surface area contributed by atoms with Crippen LogP contribution in [0, 0.1) is 0 Å². The van der Waals surface area contributed by atoms with Gasteiger partial charge in [0.05, 0.1) is 27.2 Å². The van der Waals surface area contributed by atoms with Crippen molar-refractivity contribution in [3.05, 3.63) is 0 Å². The number of hydrogen-bond acceptors (Lipinski definition) is 1. The lowest BCUT2D eigenvalue weighted by molar-refractivity contribution is -0.888. The number of unbranched alkanes of at least 4 members (excludes halogenated alkanes) is 5. The molecule has 0 amide bonds. The van der Waals surface area contributed by atoms with Gasteiger partial charge in [-0.15, -0.1) is 6.61 Å². The third kappa shape index (κ3) is 16.4. The molecule has 0 radical (unpaired) electrons. The largest absolute Gasteiger partial charge is 0.855 e. The van der Waals surface area contributed by atoms with Crippen LogP contribution in [0.15, 0.2) is 0 Å². The first-order chi connectivity index (χ1) is 7.54. The van der Waals surface area contributed by atoms with Crippen LogP contribution in [0.3, 0.4) is 0 Å². The van der Waals surface area contributed by atoms with Crippen molar-refractivity contribution in [2.24, 2.45) is 0 Å². The van der Waals surface area contributed by atoms with Gasteiger partial charge in [-0.05, 0) is 19.8 Å². The maximum atomic E-state index is 8.93. The van der Waals surface area contributed by atoms with Crippen molar-refractivity contribution in [3.8, 4) is 0 Å². The van der Waals surface area contributed by atoms with Crippen LogP contribution in [0.5, 0.6) is 0 Å². The highest BCUT2D eigenvalue weighted by Gasteiger charge is 2.09. The Morgan fingerprint density at radius 3 is 1.69 bits per heavy atom. The number of quaternary nitrogens is 1. The van der Waals surface area contributed by atoms with Crippen molar-refractivity contribution in [2.45, 2.75) is 59.3 Å². The number of hydrogen-bond donors (Lipinski definition) is 0. The van der Waals surface area contributed by atoms with Crippen LogP contribution in [0.25, 0.3) is 0 Å². The lowest BCUT2D eigenvalue weighted by Crippen LogP contribution is -2.39. The fourth-order valence-electron chi connectivity index (χ4n) is 1.48. The van der Waals surface area contributed by atoms with E-state index in [1.807, 2.05) is 0 Å². The monoisotopic (exact) mass is 231 g/mol. The summed E-state index contributed by atoms with van der Waals surface area (Å²) >= 11 is 0. The van der Waals surface area contributed by atoms with Crippen LogP contribution >= 0.6 is 0 Å². The quantitative estimate of drug-likeness (QED) is 0.465. The minimum atomic E-state index is 0. The molecular weight excluding hydrogens is 198 g/mol. The fourth-order valence-corrected chi connectivity index (χ4v) is 1.48. The Morgan fingerprint density at radius 1 is 0.812 bits per heavy atom. The Kier molecular flexibility index (Phi) is 14.8. The Morgan fingerprint density at radius 2 is 1.25 bits per heavy atom. The second kappa shape index (κ2) is 13.0. The average molecular weight is 231 g/mol. The summed E-state index contributed by atoms with van der Waals surface area (Å²) in [5.41, 5.74) is 0. The van der Waals surface area contributed by atoms with Gasteiger partial charge in [-0.1, -0.05) is 39.5 Å². The number of nitrogens with zero attached hydrogens (tertiary/aromatic N) is 1. The van der Waals surface area contributed by atoms with Crippen LogP contribution in [0.4, 0.5) is 0 Å². The highest BCUT2D eigenvalue weighted by Crippen LogP contribution is 2.07. The highest BCUT2D eigenvalue weighted by molar-refractivity contribution is 4.43. The number of rotatable bonds is 8. The molecule has 2 nitrogen and oxygen atoms in total. The Labute approximate surface area is 103 Å². The molecule has 0 spiro atoms. The minimum absolute atomic E-state index is 0. The predicted molar refractivity (Wildman–Crippen MR) is 71.4 cm³/mol. The molecule has 0 saturated carbocycles. The van der Waals surface area contributed by atoms with E-state index in [0.717, 1.165) is 0 Å². The summed E-state index contributed by atoms with van der Waals surface area (Å²) in [4.78, 5) is 0. The SMILES string of the molecule is CCCCCCCC[N+](C)(C)CC.CC[O-]. The molecular formula is C14H33NO. The molecule has 0 aliphatic carbocycles. The van der Waals surface area contributed by atoms with Gasteiger partial charge in [0, 0.05) is 0 Å². The van der Waals surface area contributed by atoms with Gasteiger partial charge in [0.1, 0.15) is 0 Å². The molecule has 0 aromatic heterocycles. The summed E-state index contributed by atoms with van der Waals surface area (Å²) in [6.07, 6.45) is 8.50. The summed E-state index contributed by atoms with van der Waals surface area (Å²) in [5, 5.41) is 8.93. The zero-order valence-electron chi connectivity index (χ0n) is 12.2. The lowest BCUT2D eigenvalue weighted by Gasteiger charge is -2.28. The Hall–Kier alpha value is -0.0800. The second-order valence-electron chi connectivity index (χ2n) is 5.03. The molecule has 16 heavy (non-hydrogen) atoms. The molecule has 0 fully saturated rings. The molecule has 2 heteroatoms. The molecule has 0 aliphatic heterocycles. The van der Waals surface area contributed by atoms with Gasteiger partial charge in [-0.2, -0.15) is 0 Å². The van der Waals surface area contributed by atoms with Gasteiger partial charge < -0.3 is 9.59 Å². The van der Waals surface area contributed by atoms with E-state index in [1.54, 1.807) is 6.92 Å². The normalized spacial score (nSPS) is 10.9. The smallest absolute Gasteiger partial charge is 0.0782 e. The van der Waals surface area contributed by atoms with Crippen molar-refractivity contribution in [1.29, 1.82) is 0 Å². The van der Waals surface area contributed by atoms with Gasteiger partial charge in [0.15, 0.2) is 0 Å². The molecule has 0 rings (SSSR count). The molecule has 0 heterocycles. The third-order valence-corrected chi connectivity index (χ3v) is 2.97. The first kappa shape index (κ1) is 18.3. The molecule has 0 unspecified atom stereocenters. The summed E-state index contributed by atoms with van der Waals surface area (Å²) in [5.74, 6) is 0. The van der Waals surface area contributed by atoms with Gasteiger partial charge in [0.25, 0.3) is 0 Å². The summed E-state index contributed by atoms with van der Waals surface area (Å²) < 4.78 is 1.19. The van der Waals surface area contributed by atoms with Crippen LogP contribution in [-0.2, 0) is 0 Å².